The predicted molar refractivity (Wildman–Crippen MR) is 186 cm³/mol. The van der Waals surface area contributed by atoms with Crippen LogP contribution in [0.15, 0.2) is 54.6 Å². The third kappa shape index (κ3) is 8.81. The van der Waals surface area contributed by atoms with Crippen molar-refractivity contribution in [3.05, 3.63) is 82.4 Å². The van der Waals surface area contributed by atoms with E-state index in [1.165, 1.54) is 30.3 Å². The van der Waals surface area contributed by atoms with E-state index in [-0.39, 0.29) is 72.3 Å². The van der Waals surface area contributed by atoms with Crippen molar-refractivity contribution in [1.82, 2.24) is 10.6 Å². The summed E-state index contributed by atoms with van der Waals surface area (Å²) in [5.74, 6) is -2.36. The van der Waals surface area contributed by atoms with Gasteiger partial charge in [-0.15, -0.1) is 0 Å². The Bertz CT molecular complexity index is 1930. The largest absolute Gasteiger partial charge is 0.508 e. The molecule has 2 heterocycles. The second kappa shape index (κ2) is 15.6. The van der Waals surface area contributed by atoms with Crippen LogP contribution in [0.5, 0.6) is 23.0 Å². The van der Waals surface area contributed by atoms with Crippen molar-refractivity contribution in [2.45, 2.75) is 44.1 Å². The van der Waals surface area contributed by atoms with E-state index >= 15 is 0 Å². The number of fused-ring (bicyclic) bond motifs is 6. The minimum absolute atomic E-state index is 0.0680. The van der Waals surface area contributed by atoms with Crippen molar-refractivity contribution in [2.75, 3.05) is 45.5 Å². The summed E-state index contributed by atoms with van der Waals surface area (Å²) in [4.78, 5) is 49.4. The lowest BCUT2D eigenvalue weighted by atomic mass is 9.77. The van der Waals surface area contributed by atoms with Crippen molar-refractivity contribution in [3.63, 3.8) is 0 Å². The van der Waals surface area contributed by atoms with Crippen LogP contribution in [0, 0.1) is 0 Å². The number of hydrogen-bond donors (Lipinski definition) is 6. The number of phenols is 2. The molecule has 0 saturated heterocycles. The molecule has 0 radical (unpaired) electrons. The van der Waals surface area contributed by atoms with Gasteiger partial charge in [0.05, 0.1) is 38.0 Å². The zero-order valence-corrected chi connectivity index (χ0v) is 29.4. The Labute approximate surface area is 300 Å². The van der Waals surface area contributed by atoms with Crippen LogP contribution < -0.4 is 15.4 Å². The molecule has 52 heavy (non-hydrogen) atoms. The topological polar surface area (TPSA) is 226 Å². The first-order chi connectivity index (χ1) is 24.6. The molecule has 3 aromatic carbocycles. The Hall–Kier alpha value is -5.19. The molecule has 278 valence electrons. The van der Waals surface area contributed by atoms with Crippen molar-refractivity contribution in [1.29, 1.82) is 0 Å². The number of hydrogen-bond acceptors (Lipinski definition) is 10. The number of benzene rings is 3. The fraction of sp³-hybridized carbons (Fsp3) is 0.389. The molecule has 0 fully saturated rings. The van der Waals surface area contributed by atoms with Crippen molar-refractivity contribution in [2.24, 2.45) is 0 Å². The van der Waals surface area contributed by atoms with Gasteiger partial charge in [0, 0.05) is 79.6 Å². The summed E-state index contributed by atoms with van der Waals surface area (Å²) in [7, 11) is -2.21. The van der Waals surface area contributed by atoms with E-state index in [1.54, 1.807) is 24.3 Å². The Morgan fingerprint density at radius 1 is 0.788 bits per heavy atom. The molecule has 0 bridgehead atoms. The highest BCUT2D eigenvalue weighted by Crippen LogP contribution is 2.57. The molecule has 15 nitrogen and oxygen atoms in total. The smallest absolute Gasteiger partial charge is 0.340 e. The molecule has 1 spiro atoms. The maximum absolute atomic E-state index is 13.4. The number of esters is 1. The van der Waals surface area contributed by atoms with E-state index in [0.717, 1.165) is 0 Å². The van der Waals surface area contributed by atoms with E-state index in [2.05, 4.69) is 10.6 Å². The fourth-order valence-electron chi connectivity index (χ4n) is 6.75. The number of ether oxygens (including phenoxy) is 2. The number of phenolic OH excluding ortho intramolecular Hbond substituents is 2. The van der Waals surface area contributed by atoms with Gasteiger partial charge in [0.1, 0.15) is 23.0 Å². The number of carbonyl (C=O) groups excluding carboxylic acids is 3. The van der Waals surface area contributed by atoms with Crippen LogP contribution >= 0.6 is 0 Å². The lowest BCUT2D eigenvalue weighted by molar-refractivity contribution is -0.909. The number of amides is 2. The molecule has 0 aliphatic carbocycles. The van der Waals surface area contributed by atoms with E-state index in [4.69, 9.17) is 14.6 Å². The molecule has 0 aromatic heterocycles. The number of carboxylic acids is 1. The number of nitrogens with zero attached hydrogens (tertiary/aromatic N) is 1. The maximum atomic E-state index is 13.4. The van der Waals surface area contributed by atoms with E-state index in [0.29, 0.717) is 60.2 Å². The molecule has 6 N–H and O–H groups in total. The summed E-state index contributed by atoms with van der Waals surface area (Å²) in [6.07, 6.45) is 1.54. The number of aliphatic carboxylic acids is 1. The molecule has 3 aromatic rings. The van der Waals surface area contributed by atoms with Crippen LogP contribution in [-0.2, 0) is 30.0 Å². The highest BCUT2D eigenvalue weighted by Gasteiger charge is 2.53. The average molecular weight is 741 g/mol. The van der Waals surface area contributed by atoms with Crippen molar-refractivity contribution < 1.29 is 61.4 Å². The predicted octanol–water partition coefficient (Wildman–Crippen LogP) is 3.27. The Morgan fingerprint density at radius 3 is 1.96 bits per heavy atom. The molecular formula is C36H42N3O12S+. The van der Waals surface area contributed by atoms with Gasteiger partial charge in [-0.3, -0.25) is 18.9 Å². The quantitative estimate of drug-likeness (QED) is 0.0508. The molecule has 1 atom stereocenters. The van der Waals surface area contributed by atoms with Crippen LogP contribution in [0.3, 0.4) is 0 Å². The van der Waals surface area contributed by atoms with Crippen LogP contribution in [0.1, 0.15) is 75.9 Å². The zero-order valence-electron chi connectivity index (χ0n) is 28.6. The first-order valence-corrected chi connectivity index (χ1v) is 18.5. The second-order valence-corrected chi connectivity index (χ2v) is 14.9. The average Bonchev–Trinajstić information content (AvgIpc) is 3.35. The number of carbonyl (C=O) groups is 4. The van der Waals surface area contributed by atoms with Gasteiger partial charge in [-0.25, -0.2) is 4.79 Å². The Balaban J connectivity index is 1.23. The number of nitrogens with one attached hydrogen (secondary N) is 2. The molecule has 2 amide bonds. The summed E-state index contributed by atoms with van der Waals surface area (Å²) >= 11 is 0. The van der Waals surface area contributed by atoms with Gasteiger partial charge in [0.25, 0.3) is 16.0 Å². The minimum Gasteiger partial charge on any atom is -0.508 e. The molecular weight excluding hydrogens is 698 g/mol. The normalized spacial score (nSPS) is 15.0. The monoisotopic (exact) mass is 740 g/mol. The number of carboxylic acid groups (broad SMARTS) is 1. The van der Waals surface area contributed by atoms with Crippen LogP contribution in [0.4, 0.5) is 0 Å². The van der Waals surface area contributed by atoms with Gasteiger partial charge in [0.2, 0.25) is 5.91 Å². The number of rotatable bonds is 17. The Morgan fingerprint density at radius 2 is 1.37 bits per heavy atom. The molecule has 16 heteroatoms. The van der Waals surface area contributed by atoms with Gasteiger partial charge < -0.3 is 39.9 Å². The first-order valence-electron chi connectivity index (χ1n) is 16.9. The van der Waals surface area contributed by atoms with Gasteiger partial charge in [-0.2, -0.15) is 8.42 Å². The van der Waals surface area contributed by atoms with Gasteiger partial charge in [-0.1, -0.05) is 6.07 Å². The standard InChI is InChI=1S/C36H41N3O12S/c1-39(18-5-19-52(47,48)49,16-3-14-37-32(42)6-2-7-33(43)44)17-4-15-38-34(45)23-8-11-27-26(20-23)35(46)51-36(27)28-12-9-24(40)21-30(28)50-31-22-25(41)10-13-29(31)36/h8-13,20-22H,2-7,14-19H2,1H3,(H5-,37,38,40,41,42,43,44,45,47,48,49)/p+1. The van der Waals surface area contributed by atoms with Crippen molar-refractivity contribution >= 4 is 33.9 Å². The van der Waals surface area contributed by atoms with Gasteiger partial charge in [0.15, 0.2) is 5.60 Å². The highest BCUT2D eigenvalue weighted by atomic mass is 32.2. The van der Waals surface area contributed by atoms with Gasteiger partial charge in [-0.05, 0) is 42.8 Å². The Kier molecular flexibility index (Phi) is 11.4. The van der Waals surface area contributed by atoms with Gasteiger partial charge >= 0.3 is 11.9 Å². The summed E-state index contributed by atoms with van der Waals surface area (Å²) in [6, 6.07) is 13.6. The van der Waals surface area contributed by atoms with E-state index in [9.17, 15) is 42.4 Å². The van der Waals surface area contributed by atoms with Crippen LogP contribution in [-0.4, -0.2) is 102 Å². The summed E-state index contributed by atoms with van der Waals surface area (Å²) in [5.41, 5.74) is 0.330. The first kappa shape index (κ1) is 38.1. The molecule has 2 aliphatic rings. The zero-order chi connectivity index (χ0) is 37.7. The molecule has 0 saturated carbocycles. The third-order valence-corrected chi connectivity index (χ3v) is 10.1. The molecule has 1 unspecified atom stereocenters. The summed E-state index contributed by atoms with van der Waals surface area (Å²) < 4.78 is 44.3. The number of aromatic hydroxyl groups is 2. The summed E-state index contributed by atoms with van der Waals surface area (Å²) in [6.45, 7) is 2.16. The van der Waals surface area contributed by atoms with Crippen molar-refractivity contribution in [3.8, 4) is 23.0 Å². The molecule has 5 rings (SSSR count). The third-order valence-electron chi connectivity index (χ3n) is 9.29. The maximum Gasteiger partial charge on any atom is 0.340 e. The summed E-state index contributed by atoms with van der Waals surface area (Å²) in [5, 5.41) is 34.6. The lowest BCUT2D eigenvalue weighted by Gasteiger charge is -2.36. The van der Waals surface area contributed by atoms with E-state index < -0.39 is 39.3 Å². The van der Waals surface area contributed by atoms with Crippen LogP contribution in [0.25, 0.3) is 0 Å². The van der Waals surface area contributed by atoms with Crippen LogP contribution in [0.2, 0.25) is 0 Å². The lowest BCUT2D eigenvalue weighted by Crippen LogP contribution is -2.48. The number of quaternary nitrogens is 1. The van der Waals surface area contributed by atoms with E-state index in [1.807, 2.05) is 7.05 Å². The SMILES string of the molecule is C[N+](CCCNC(=O)CCCC(=O)O)(CCCNC(=O)c1ccc2c(c1)C(=O)OC21c2ccc(O)cc2Oc2cc(O)ccc21)CCCS(=O)(=O)O. The minimum atomic E-state index is -4.14. The second-order valence-electron chi connectivity index (χ2n) is 13.3. The highest BCUT2D eigenvalue weighted by molar-refractivity contribution is 7.85. The molecule has 2 aliphatic heterocycles. The fourth-order valence-corrected chi connectivity index (χ4v) is 7.25.